The first-order chi connectivity index (χ1) is 14.8. The number of anilines is 1. The standard InChI is InChI=1S/C21H21N7O2/c29-19-2-1-18(16-3-6-22-7-4-16)25-28(19)13-10-26-8-11-27(12-9-26)21-20-17(5-14-30-20)15-23-24-21/h1-7,14-15H,8-13H2. The van der Waals surface area contributed by atoms with Crippen molar-refractivity contribution in [2.24, 2.45) is 0 Å². The minimum absolute atomic E-state index is 0.0915. The predicted octanol–water partition coefficient (Wildman–Crippen LogP) is 1.66. The van der Waals surface area contributed by atoms with Crippen LogP contribution in [0.25, 0.3) is 22.2 Å². The van der Waals surface area contributed by atoms with E-state index in [9.17, 15) is 4.79 Å². The van der Waals surface area contributed by atoms with Gasteiger partial charge in [0.2, 0.25) is 0 Å². The van der Waals surface area contributed by atoms with Crippen LogP contribution in [0, 0.1) is 0 Å². The van der Waals surface area contributed by atoms with Crippen LogP contribution in [0.4, 0.5) is 5.82 Å². The number of fused-ring (bicyclic) bond motifs is 1. The van der Waals surface area contributed by atoms with Crippen molar-refractivity contribution in [2.75, 3.05) is 37.6 Å². The summed E-state index contributed by atoms with van der Waals surface area (Å²) in [4.78, 5) is 20.8. The van der Waals surface area contributed by atoms with Crippen LogP contribution in [0.15, 0.2) is 64.4 Å². The molecule has 30 heavy (non-hydrogen) atoms. The molecule has 4 aromatic heterocycles. The topological polar surface area (TPSA) is 93.2 Å². The number of nitrogens with zero attached hydrogens (tertiary/aromatic N) is 7. The molecule has 0 saturated carbocycles. The summed E-state index contributed by atoms with van der Waals surface area (Å²) in [6.07, 6.45) is 6.82. The number of furan rings is 1. The lowest BCUT2D eigenvalue weighted by molar-refractivity contribution is 0.242. The maximum atomic E-state index is 12.2. The number of pyridine rings is 1. The van der Waals surface area contributed by atoms with E-state index >= 15 is 0 Å². The van der Waals surface area contributed by atoms with E-state index in [2.05, 4.69) is 30.1 Å². The van der Waals surface area contributed by atoms with Crippen molar-refractivity contribution in [3.05, 3.63) is 65.5 Å². The van der Waals surface area contributed by atoms with Crippen molar-refractivity contribution in [3.63, 3.8) is 0 Å². The van der Waals surface area contributed by atoms with Crippen LogP contribution in [0.3, 0.4) is 0 Å². The van der Waals surface area contributed by atoms with Gasteiger partial charge in [0, 0.05) is 62.1 Å². The summed E-state index contributed by atoms with van der Waals surface area (Å²) >= 11 is 0. The van der Waals surface area contributed by atoms with Gasteiger partial charge in [-0.25, -0.2) is 4.68 Å². The molecule has 0 radical (unpaired) electrons. The summed E-state index contributed by atoms with van der Waals surface area (Å²) in [7, 11) is 0. The van der Waals surface area contributed by atoms with E-state index < -0.39 is 0 Å². The molecule has 1 saturated heterocycles. The fourth-order valence-electron chi connectivity index (χ4n) is 3.71. The quantitative estimate of drug-likeness (QED) is 0.497. The van der Waals surface area contributed by atoms with Crippen molar-refractivity contribution in [3.8, 4) is 11.3 Å². The van der Waals surface area contributed by atoms with E-state index in [-0.39, 0.29) is 5.56 Å². The third-order valence-corrected chi connectivity index (χ3v) is 5.39. The first-order valence-electron chi connectivity index (χ1n) is 9.93. The molecule has 0 amide bonds. The smallest absolute Gasteiger partial charge is 0.266 e. The van der Waals surface area contributed by atoms with E-state index in [0.29, 0.717) is 6.54 Å². The molecular weight excluding hydrogens is 382 g/mol. The van der Waals surface area contributed by atoms with Crippen LogP contribution in [-0.2, 0) is 6.54 Å². The van der Waals surface area contributed by atoms with Gasteiger partial charge in [-0.2, -0.15) is 10.2 Å². The lowest BCUT2D eigenvalue weighted by atomic mass is 10.2. The Bertz CT molecular complexity index is 1200. The zero-order valence-corrected chi connectivity index (χ0v) is 16.4. The molecule has 5 heterocycles. The minimum Gasteiger partial charge on any atom is -0.460 e. The van der Waals surface area contributed by atoms with Gasteiger partial charge >= 0.3 is 0 Å². The Morgan fingerprint density at radius 3 is 2.63 bits per heavy atom. The van der Waals surface area contributed by atoms with Gasteiger partial charge in [0.05, 0.1) is 24.7 Å². The lowest BCUT2D eigenvalue weighted by Crippen LogP contribution is -2.48. The Morgan fingerprint density at radius 1 is 0.967 bits per heavy atom. The monoisotopic (exact) mass is 403 g/mol. The molecule has 1 aliphatic rings. The fourth-order valence-corrected chi connectivity index (χ4v) is 3.71. The predicted molar refractivity (Wildman–Crippen MR) is 112 cm³/mol. The van der Waals surface area contributed by atoms with Crippen LogP contribution in [0.5, 0.6) is 0 Å². The molecule has 152 valence electrons. The molecule has 0 atom stereocenters. The largest absolute Gasteiger partial charge is 0.460 e. The minimum atomic E-state index is -0.0915. The van der Waals surface area contributed by atoms with Crippen molar-refractivity contribution in [1.82, 2.24) is 29.9 Å². The molecule has 4 aromatic rings. The Labute approximate surface area is 172 Å². The molecule has 1 fully saturated rings. The average molecular weight is 403 g/mol. The second-order valence-electron chi connectivity index (χ2n) is 7.22. The number of hydrogen-bond donors (Lipinski definition) is 0. The second kappa shape index (κ2) is 8.03. The molecule has 0 N–H and O–H groups in total. The van der Waals surface area contributed by atoms with Gasteiger partial charge in [0.1, 0.15) is 0 Å². The van der Waals surface area contributed by atoms with E-state index in [4.69, 9.17) is 4.42 Å². The average Bonchev–Trinajstić information content (AvgIpc) is 3.29. The number of hydrogen-bond acceptors (Lipinski definition) is 8. The number of piperazine rings is 1. The van der Waals surface area contributed by atoms with Gasteiger partial charge in [0.25, 0.3) is 5.56 Å². The molecule has 0 aliphatic carbocycles. The molecule has 9 nitrogen and oxygen atoms in total. The Kier molecular flexibility index (Phi) is 4.94. The highest BCUT2D eigenvalue weighted by Gasteiger charge is 2.21. The highest BCUT2D eigenvalue weighted by Crippen LogP contribution is 2.25. The summed E-state index contributed by atoms with van der Waals surface area (Å²) in [5, 5.41) is 13.8. The van der Waals surface area contributed by atoms with Crippen LogP contribution < -0.4 is 10.5 Å². The zero-order valence-electron chi connectivity index (χ0n) is 16.4. The van der Waals surface area contributed by atoms with Gasteiger partial charge in [-0.05, 0) is 24.3 Å². The zero-order chi connectivity index (χ0) is 20.3. The number of aromatic nitrogens is 5. The highest BCUT2D eigenvalue weighted by atomic mass is 16.3. The van der Waals surface area contributed by atoms with Crippen LogP contribution in [0.1, 0.15) is 0 Å². The van der Waals surface area contributed by atoms with Crippen molar-refractivity contribution < 1.29 is 4.42 Å². The number of rotatable bonds is 5. The molecule has 0 spiro atoms. The second-order valence-corrected chi connectivity index (χ2v) is 7.22. The van der Waals surface area contributed by atoms with Gasteiger partial charge in [-0.1, -0.05) is 0 Å². The van der Waals surface area contributed by atoms with Gasteiger partial charge in [-0.15, -0.1) is 5.10 Å². The normalized spacial score (nSPS) is 15.0. The Balaban J connectivity index is 1.22. The summed E-state index contributed by atoms with van der Waals surface area (Å²) in [6.45, 7) is 4.71. The van der Waals surface area contributed by atoms with Crippen molar-refractivity contribution >= 4 is 16.8 Å². The van der Waals surface area contributed by atoms with E-state index in [1.54, 1.807) is 37.0 Å². The third-order valence-electron chi connectivity index (χ3n) is 5.39. The molecule has 5 rings (SSSR count). The van der Waals surface area contributed by atoms with E-state index in [1.807, 2.05) is 18.2 Å². The first kappa shape index (κ1) is 18.4. The lowest BCUT2D eigenvalue weighted by Gasteiger charge is -2.35. The molecule has 9 heteroatoms. The fraction of sp³-hybridized carbons (Fsp3) is 0.286. The summed E-state index contributed by atoms with van der Waals surface area (Å²) in [5.74, 6) is 0.792. The molecule has 0 unspecified atom stereocenters. The summed E-state index contributed by atoms with van der Waals surface area (Å²) in [6, 6.07) is 9.00. The van der Waals surface area contributed by atoms with Crippen LogP contribution in [0.2, 0.25) is 0 Å². The highest BCUT2D eigenvalue weighted by molar-refractivity contribution is 5.86. The Hall–Kier alpha value is -3.59. The van der Waals surface area contributed by atoms with Gasteiger partial charge < -0.3 is 9.32 Å². The molecule has 0 bridgehead atoms. The maximum Gasteiger partial charge on any atom is 0.266 e. The third kappa shape index (κ3) is 3.67. The summed E-state index contributed by atoms with van der Waals surface area (Å²) in [5.41, 5.74) is 2.40. The molecule has 0 aromatic carbocycles. The molecule has 1 aliphatic heterocycles. The van der Waals surface area contributed by atoms with Crippen LogP contribution in [-0.4, -0.2) is 62.6 Å². The Morgan fingerprint density at radius 2 is 1.80 bits per heavy atom. The summed E-state index contributed by atoms with van der Waals surface area (Å²) < 4.78 is 7.13. The van der Waals surface area contributed by atoms with Crippen molar-refractivity contribution in [2.45, 2.75) is 6.54 Å². The van der Waals surface area contributed by atoms with Gasteiger partial charge in [0.15, 0.2) is 11.4 Å². The van der Waals surface area contributed by atoms with Crippen molar-refractivity contribution in [1.29, 1.82) is 0 Å². The first-order valence-corrected chi connectivity index (χ1v) is 9.93. The van der Waals surface area contributed by atoms with E-state index in [0.717, 1.165) is 60.8 Å². The van der Waals surface area contributed by atoms with E-state index in [1.165, 1.54) is 4.68 Å². The SMILES string of the molecule is O=c1ccc(-c2ccncc2)nn1CCN1CCN(c2nncc3ccoc23)CC1. The van der Waals surface area contributed by atoms with Crippen LogP contribution >= 0.6 is 0 Å². The molecular formula is C21H21N7O2. The maximum absolute atomic E-state index is 12.2. The van der Waals surface area contributed by atoms with Gasteiger partial charge in [-0.3, -0.25) is 14.7 Å².